The van der Waals surface area contributed by atoms with Crippen LogP contribution in [0.1, 0.15) is 22.2 Å². The maximum Gasteiger partial charge on any atom is 0.408 e. The zero-order valence-electron chi connectivity index (χ0n) is 16.3. The maximum atomic E-state index is 12.4. The first-order valence-corrected chi connectivity index (χ1v) is 10.1. The summed E-state index contributed by atoms with van der Waals surface area (Å²) in [5, 5.41) is 9.81. The van der Waals surface area contributed by atoms with Gasteiger partial charge in [-0.1, -0.05) is 42.5 Å². The van der Waals surface area contributed by atoms with Crippen LogP contribution in [0.15, 0.2) is 72.1 Å². The molecule has 2 aromatic carbocycles. The minimum atomic E-state index is -0.808. The number of thiophene rings is 1. The van der Waals surface area contributed by atoms with Gasteiger partial charge in [0, 0.05) is 11.4 Å². The monoisotopic (exact) mass is 423 g/mol. The number of alkyl carbamates (subject to hydrolysis) is 1. The molecule has 3 aromatic rings. The molecule has 154 valence electrons. The molecular formula is C22H21N3O4S. The zero-order valence-corrected chi connectivity index (χ0v) is 17.1. The molecule has 3 rings (SSSR count). The Balaban J connectivity index is 1.49. The molecule has 0 radical (unpaired) electrons. The van der Waals surface area contributed by atoms with Gasteiger partial charge >= 0.3 is 6.09 Å². The summed E-state index contributed by atoms with van der Waals surface area (Å²) in [5.74, 6) is -0.627. The van der Waals surface area contributed by atoms with Gasteiger partial charge in [-0.05, 0) is 42.1 Å². The van der Waals surface area contributed by atoms with E-state index in [1.165, 1.54) is 11.3 Å². The lowest BCUT2D eigenvalue weighted by atomic mass is 10.2. The Kier molecular flexibility index (Phi) is 7.18. The van der Waals surface area contributed by atoms with Gasteiger partial charge in [0.1, 0.15) is 12.6 Å². The highest BCUT2D eigenvalue weighted by Crippen LogP contribution is 2.18. The molecule has 0 saturated heterocycles. The van der Waals surface area contributed by atoms with Gasteiger partial charge in [-0.3, -0.25) is 9.59 Å². The molecule has 0 spiro atoms. The standard InChI is InChI=1S/C22H21N3O4S/c1-15(23-22(28)29-14-16-7-3-2-4-8-16)20(26)24-17-9-5-10-18(13-17)25-21(27)19-11-6-12-30-19/h2-13,15H,14H2,1H3,(H,23,28)(H,24,26)(H,25,27). The van der Waals surface area contributed by atoms with Crippen molar-refractivity contribution in [1.29, 1.82) is 0 Å². The third kappa shape index (κ3) is 6.18. The van der Waals surface area contributed by atoms with Gasteiger partial charge in [-0.15, -0.1) is 11.3 Å². The van der Waals surface area contributed by atoms with Crippen molar-refractivity contribution in [3.8, 4) is 0 Å². The summed E-state index contributed by atoms with van der Waals surface area (Å²) in [6.45, 7) is 1.68. The molecule has 30 heavy (non-hydrogen) atoms. The first-order valence-electron chi connectivity index (χ1n) is 9.24. The summed E-state index contributed by atoms with van der Waals surface area (Å²) >= 11 is 1.34. The normalized spacial score (nSPS) is 11.2. The Morgan fingerprint density at radius 1 is 0.933 bits per heavy atom. The van der Waals surface area contributed by atoms with Gasteiger partial charge in [-0.2, -0.15) is 0 Å². The highest BCUT2D eigenvalue weighted by atomic mass is 32.1. The molecule has 0 aliphatic carbocycles. The van der Waals surface area contributed by atoms with Crippen molar-refractivity contribution in [3.63, 3.8) is 0 Å². The van der Waals surface area contributed by atoms with E-state index < -0.39 is 18.0 Å². The summed E-state index contributed by atoms with van der Waals surface area (Å²) in [4.78, 5) is 37.0. The van der Waals surface area contributed by atoms with Crippen molar-refractivity contribution in [3.05, 3.63) is 82.6 Å². The van der Waals surface area contributed by atoms with Crippen LogP contribution < -0.4 is 16.0 Å². The molecule has 0 aliphatic heterocycles. The third-order valence-corrected chi connectivity index (χ3v) is 4.94. The Labute approximate surface area is 178 Å². The Morgan fingerprint density at radius 2 is 1.67 bits per heavy atom. The van der Waals surface area contributed by atoms with E-state index >= 15 is 0 Å². The summed E-state index contributed by atoms with van der Waals surface area (Å²) in [6.07, 6.45) is -0.682. The van der Waals surface area contributed by atoms with Gasteiger partial charge in [0.15, 0.2) is 0 Å². The smallest absolute Gasteiger partial charge is 0.408 e. The molecule has 1 heterocycles. The lowest BCUT2D eigenvalue weighted by molar-refractivity contribution is -0.117. The van der Waals surface area contributed by atoms with E-state index in [1.807, 2.05) is 35.7 Å². The number of rotatable bonds is 7. The van der Waals surface area contributed by atoms with Crippen molar-refractivity contribution in [2.75, 3.05) is 10.6 Å². The number of ether oxygens (including phenoxy) is 1. The molecule has 1 atom stereocenters. The predicted octanol–water partition coefficient (Wildman–Crippen LogP) is 4.25. The van der Waals surface area contributed by atoms with Crippen LogP contribution in [0.5, 0.6) is 0 Å². The van der Waals surface area contributed by atoms with E-state index in [0.29, 0.717) is 16.3 Å². The van der Waals surface area contributed by atoms with Crippen LogP contribution in [-0.4, -0.2) is 23.9 Å². The van der Waals surface area contributed by atoms with Crippen molar-refractivity contribution in [1.82, 2.24) is 5.32 Å². The van der Waals surface area contributed by atoms with Crippen molar-refractivity contribution in [2.45, 2.75) is 19.6 Å². The number of benzene rings is 2. The summed E-state index contributed by atoms with van der Waals surface area (Å²) < 4.78 is 5.12. The summed E-state index contributed by atoms with van der Waals surface area (Å²) in [7, 11) is 0. The fourth-order valence-corrected chi connectivity index (χ4v) is 3.15. The Hall–Kier alpha value is -3.65. The molecule has 0 aliphatic rings. The second kappa shape index (κ2) is 10.2. The van der Waals surface area contributed by atoms with Gasteiger partial charge in [-0.25, -0.2) is 4.79 Å². The molecule has 1 unspecified atom stereocenters. The van der Waals surface area contributed by atoms with Crippen LogP contribution in [-0.2, 0) is 16.1 Å². The topological polar surface area (TPSA) is 96.5 Å². The minimum Gasteiger partial charge on any atom is -0.445 e. The van der Waals surface area contributed by atoms with Gasteiger partial charge in [0.05, 0.1) is 4.88 Å². The van der Waals surface area contributed by atoms with Crippen LogP contribution in [0.3, 0.4) is 0 Å². The number of amides is 3. The van der Waals surface area contributed by atoms with Crippen LogP contribution in [0.4, 0.5) is 16.2 Å². The van der Waals surface area contributed by atoms with Crippen molar-refractivity contribution < 1.29 is 19.1 Å². The summed E-state index contributed by atoms with van der Waals surface area (Å²) in [5.41, 5.74) is 1.90. The van der Waals surface area contributed by atoms with Crippen LogP contribution in [0, 0.1) is 0 Å². The zero-order chi connectivity index (χ0) is 21.3. The van der Waals surface area contributed by atoms with E-state index in [0.717, 1.165) is 5.56 Å². The van der Waals surface area contributed by atoms with Gasteiger partial charge in [0.2, 0.25) is 5.91 Å². The quantitative estimate of drug-likeness (QED) is 0.529. The van der Waals surface area contributed by atoms with E-state index in [1.54, 1.807) is 43.3 Å². The molecule has 3 N–H and O–H groups in total. The lowest BCUT2D eigenvalue weighted by Gasteiger charge is -2.15. The molecule has 8 heteroatoms. The van der Waals surface area contributed by atoms with Crippen molar-refractivity contribution >= 4 is 40.6 Å². The number of hydrogen-bond donors (Lipinski definition) is 3. The number of carbonyl (C=O) groups excluding carboxylic acids is 3. The maximum absolute atomic E-state index is 12.4. The summed E-state index contributed by atoms with van der Waals surface area (Å²) in [6, 6.07) is 18.8. The van der Waals surface area contributed by atoms with Crippen LogP contribution in [0.2, 0.25) is 0 Å². The third-order valence-electron chi connectivity index (χ3n) is 4.07. The second-order valence-corrected chi connectivity index (χ2v) is 7.38. The fourth-order valence-electron chi connectivity index (χ4n) is 2.53. The first kappa shape index (κ1) is 21.1. The molecule has 1 aromatic heterocycles. The van der Waals surface area contributed by atoms with E-state index in [-0.39, 0.29) is 12.5 Å². The minimum absolute atomic E-state index is 0.118. The van der Waals surface area contributed by atoms with Gasteiger partial charge in [0.25, 0.3) is 5.91 Å². The number of hydrogen-bond acceptors (Lipinski definition) is 5. The van der Waals surface area contributed by atoms with E-state index in [4.69, 9.17) is 4.74 Å². The molecule has 0 saturated carbocycles. The first-order chi connectivity index (χ1) is 14.5. The number of nitrogens with one attached hydrogen (secondary N) is 3. The van der Waals surface area contributed by atoms with Crippen molar-refractivity contribution in [2.24, 2.45) is 0 Å². The predicted molar refractivity (Wildman–Crippen MR) is 117 cm³/mol. The number of anilines is 2. The highest BCUT2D eigenvalue weighted by molar-refractivity contribution is 7.12. The average molecular weight is 423 g/mol. The molecule has 7 nitrogen and oxygen atoms in total. The molecular weight excluding hydrogens is 402 g/mol. The van der Waals surface area contributed by atoms with E-state index in [9.17, 15) is 14.4 Å². The Bertz CT molecular complexity index is 1010. The SMILES string of the molecule is CC(NC(=O)OCc1ccccc1)C(=O)Nc1cccc(NC(=O)c2cccs2)c1. The van der Waals surface area contributed by atoms with E-state index in [2.05, 4.69) is 16.0 Å². The second-order valence-electron chi connectivity index (χ2n) is 6.43. The number of carbonyl (C=O) groups is 3. The molecule has 0 fully saturated rings. The Morgan fingerprint density at radius 3 is 2.37 bits per heavy atom. The lowest BCUT2D eigenvalue weighted by Crippen LogP contribution is -2.41. The van der Waals surface area contributed by atoms with Gasteiger partial charge < -0.3 is 20.7 Å². The molecule has 0 bridgehead atoms. The van der Waals surface area contributed by atoms with Crippen LogP contribution >= 0.6 is 11.3 Å². The van der Waals surface area contributed by atoms with Crippen LogP contribution in [0.25, 0.3) is 0 Å². The largest absolute Gasteiger partial charge is 0.445 e. The average Bonchev–Trinajstić information content (AvgIpc) is 3.28. The fraction of sp³-hybridized carbons (Fsp3) is 0.136. The highest BCUT2D eigenvalue weighted by Gasteiger charge is 2.17. The molecule has 3 amide bonds.